The Bertz CT molecular complexity index is 1520. The fourth-order valence-corrected chi connectivity index (χ4v) is 4.42. The summed E-state index contributed by atoms with van der Waals surface area (Å²) >= 11 is 0. The van der Waals surface area contributed by atoms with Gasteiger partial charge >= 0.3 is 5.89 Å². The molecule has 0 atom stereocenters. The smallest absolute Gasteiger partial charge is 0.377 e. The van der Waals surface area contributed by atoms with Crippen molar-refractivity contribution in [3.8, 4) is 0 Å². The normalized spacial score (nSPS) is 15.0. The second-order valence-corrected chi connectivity index (χ2v) is 7.81. The van der Waals surface area contributed by atoms with E-state index in [9.17, 15) is 0 Å². The van der Waals surface area contributed by atoms with Crippen molar-refractivity contribution in [2.24, 2.45) is 7.05 Å². The number of rotatable bonds is 2. The van der Waals surface area contributed by atoms with E-state index in [4.69, 9.17) is 14.4 Å². The van der Waals surface area contributed by atoms with Crippen LogP contribution in [0.2, 0.25) is 0 Å². The van der Waals surface area contributed by atoms with Crippen molar-refractivity contribution < 1.29 is 8.98 Å². The molecule has 6 nitrogen and oxygen atoms in total. The van der Waals surface area contributed by atoms with Gasteiger partial charge in [0.05, 0.1) is 39.5 Å². The summed E-state index contributed by atoms with van der Waals surface area (Å²) in [6.07, 6.45) is 2.10. The first kappa shape index (κ1) is 17.9. The highest BCUT2D eigenvalue weighted by molar-refractivity contribution is 5.96. The number of benzene rings is 3. The summed E-state index contributed by atoms with van der Waals surface area (Å²) in [6, 6.07) is 20.4. The summed E-state index contributed by atoms with van der Waals surface area (Å²) in [5, 5.41) is 0. The molecule has 5 aromatic rings. The molecule has 6 heteroatoms. The molecule has 152 valence electrons. The van der Waals surface area contributed by atoms with E-state index < -0.39 is 0 Å². The minimum Gasteiger partial charge on any atom is -0.398 e. The van der Waals surface area contributed by atoms with Gasteiger partial charge in [0, 0.05) is 19.7 Å². The number of anilines is 2. The summed E-state index contributed by atoms with van der Waals surface area (Å²) in [7, 11) is 4.12. The van der Waals surface area contributed by atoms with Crippen LogP contribution in [-0.4, -0.2) is 23.6 Å². The minimum atomic E-state index is 0.806. The zero-order valence-electron chi connectivity index (χ0n) is 17.7. The lowest BCUT2D eigenvalue weighted by Crippen LogP contribution is -2.31. The van der Waals surface area contributed by atoms with Crippen LogP contribution in [0.15, 0.2) is 70.9 Å². The molecular formula is C25H22N5O+. The molecule has 0 saturated heterocycles. The van der Waals surface area contributed by atoms with Gasteiger partial charge in [0.15, 0.2) is 0 Å². The van der Waals surface area contributed by atoms with Crippen molar-refractivity contribution in [2.45, 2.75) is 6.92 Å². The highest BCUT2D eigenvalue weighted by atomic mass is 16.3. The third-order valence-electron chi connectivity index (χ3n) is 6.05. The third kappa shape index (κ3) is 2.61. The van der Waals surface area contributed by atoms with Gasteiger partial charge < -0.3 is 14.2 Å². The zero-order chi connectivity index (χ0) is 21.1. The molecule has 6 rings (SSSR count). The summed E-state index contributed by atoms with van der Waals surface area (Å²) < 4.78 is 8.22. The van der Waals surface area contributed by atoms with Gasteiger partial charge in [-0.15, -0.1) is 0 Å². The maximum Gasteiger partial charge on any atom is 0.377 e. The Morgan fingerprint density at radius 1 is 0.903 bits per heavy atom. The molecule has 1 aliphatic heterocycles. The van der Waals surface area contributed by atoms with E-state index in [1.54, 1.807) is 0 Å². The van der Waals surface area contributed by atoms with Crippen molar-refractivity contribution in [3.63, 3.8) is 0 Å². The lowest BCUT2D eigenvalue weighted by atomic mass is 10.2. The van der Waals surface area contributed by atoms with Gasteiger partial charge in [-0.25, -0.2) is 9.97 Å². The molecule has 0 amide bonds. The number of fused-ring (bicyclic) bond motifs is 4. The average molecular weight is 408 g/mol. The molecule has 0 bridgehead atoms. The number of hydrogen-bond acceptors (Lipinski definition) is 5. The Balaban J connectivity index is 1.53. The van der Waals surface area contributed by atoms with Crippen molar-refractivity contribution in [1.82, 2.24) is 9.97 Å². The molecule has 0 N–H and O–H groups in total. The molecule has 3 aromatic carbocycles. The first-order valence-corrected chi connectivity index (χ1v) is 10.4. The molecule has 0 spiro atoms. The summed E-state index contributed by atoms with van der Waals surface area (Å²) in [4.78, 5) is 14.2. The highest BCUT2D eigenvalue weighted by Gasteiger charge is 2.31. The maximum atomic E-state index is 6.14. The summed E-state index contributed by atoms with van der Waals surface area (Å²) in [6.45, 7) is 2.99. The van der Waals surface area contributed by atoms with Crippen molar-refractivity contribution in [3.05, 3.63) is 72.4 Å². The number of nitrogens with zero attached hydrogens (tertiary/aromatic N) is 5. The van der Waals surface area contributed by atoms with E-state index >= 15 is 0 Å². The summed E-state index contributed by atoms with van der Waals surface area (Å²) in [5.41, 5.74) is 7.82. The predicted molar refractivity (Wildman–Crippen MR) is 124 cm³/mol. The van der Waals surface area contributed by atoms with Crippen LogP contribution in [-0.2, 0) is 7.05 Å². The average Bonchev–Trinajstić information content (AvgIpc) is 3.24. The van der Waals surface area contributed by atoms with Crippen LogP contribution in [0.3, 0.4) is 0 Å². The van der Waals surface area contributed by atoms with Gasteiger partial charge in [-0.05, 0) is 37.3 Å². The molecular weight excluding hydrogens is 386 g/mol. The lowest BCUT2D eigenvalue weighted by Gasteiger charge is -2.20. The first-order chi connectivity index (χ1) is 15.1. The van der Waals surface area contributed by atoms with Crippen LogP contribution >= 0.6 is 0 Å². The Morgan fingerprint density at radius 2 is 1.55 bits per heavy atom. The fraction of sp³-hybridized carbons (Fsp3) is 0.160. The van der Waals surface area contributed by atoms with Crippen LogP contribution in [0.5, 0.6) is 0 Å². The number of hydrogen-bond donors (Lipinski definition) is 0. The zero-order valence-corrected chi connectivity index (χ0v) is 17.7. The highest BCUT2D eigenvalue weighted by Crippen LogP contribution is 2.43. The molecule has 0 unspecified atom stereocenters. The Morgan fingerprint density at radius 3 is 2.23 bits per heavy atom. The van der Waals surface area contributed by atoms with E-state index in [2.05, 4.69) is 52.6 Å². The SMILES string of the molecule is CCN1/C(=C/c2oc3ccccc3[n+]2C)N(C)c2cc3nc4ccccc4nc3cc21. The van der Waals surface area contributed by atoms with Gasteiger partial charge in [-0.1, -0.05) is 24.3 Å². The quantitative estimate of drug-likeness (QED) is 0.315. The number of aryl methyl sites for hydroxylation is 1. The number of oxazole rings is 1. The number of aromatic nitrogens is 3. The maximum absolute atomic E-state index is 6.14. The fourth-order valence-electron chi connectivity index (χ4n) is 4.42. The van der Waals surface area contributed by atoms with Gasteiger partial charge in [0.25, 0.3) is 5.52 Å². The van der Waals surface area contributed by atoms with E-state index in [0.29, 0.717) is 0 Å². The van der Waals surface area contributed by atoms with Crippen molar-refractivity contribution in [2.75, 3.05) is 23.4 Å². The van der Waals surface area contributed by atoms with Crippen LogP contribution < -0.4 is 14.4 Å². The molecule has 0 radical (unpaired) electrons. The van der Waals surface area contributed by atoms with Gasteiger partial charge in [0.2, 0.25) is 5.58 Å². The third-order valence-corrected chi connectivity index (χ3v) is 6.05. The van der Waals surface area contributed by atoms with E-state index in [0.717, 1.165) is 62.8 Å². The van der Waals surface area contributed by atoms with Crippen LogP contribution in [0.4, 0.5) is 11.4 Å². The molecule has 3 heterocycles. The standard InChI is InChI=1S/C25H22N5O/c1-4-30-22-14-19-18(26-16-9-5-6-10-17(16)27-19)13-21(22)28(2)24(30)15-25-29(3)20-11-7-8-12-23(20)31-25/h5-15H,4H2,1-3H3/q+1. The Hall–Kier alpha value is -3.93. The van der Waals surface area contributed by atoms with Crippen molar-refractivity contribution in [1.29, 1.82) is 0 Å². The molecule has 0 saturated carbocycles. The first-order valence-electron chi connectivity index (χ1n) is 10.4. The monoisotopic (exact) mass is 408 g/mol. The van der Waals surface area contributed by atoms with Crippen LogP contribution in [0.25, 0.3) is 39.2 Å². The summed E-state index contributed by atoms with van der Waals surface area (Å²) in [5.74, 6) is 1.87. The number of para-hydroxylation sites is 4. The van der Waals surface area contributed by atoms with Crippen LogP contribution in [0.1, 0.15) is 12.8 Å². The lowest BCUT2D eigenvalue weighted by molar-refractivity contribution is -0.652. The molecule has 0 fully saturated rings. The van der Waals surface area contributed by atoms with E-state index in [-0.39, 0.29) is 0 Å². The molecule has 2 aromatic heterocycles. The van der Waals surface area contributed by atoms with Crippen LogP contribution in [0, 0.1) is 0 Å². The molecule has 31 heavy (non-hydrogen) atoms. The van der Waals surface area contributed by atoms with Gasteiger partial charge in [-0.2, -0.15) is 4.57 Å². The van der Waals surface area contributed by atoms with E-state index in [1.807, 2.05) is 49.5 Å². The Kier molecular flexibility index (Phi) is 3.77. The predicted octanol–water partition coefficient (Wildman–Crippen LogP) is 4.63. The largest absolute Gasteiger partial charge is 0.398 e. The topological polar surface area (TPSA) is 49.3 Å². The molecule has 1 aliphatic rings. The minimum absolute atomic E-state index is 0.806. The van der Waals surface area contributed by atoms with Crippen molar-refractivity contribution >= 4 is 50.6 Å². The van der Waals surface area contributed by atoms with Gasteiger partial charge in [0.1, 0.15) is 12.9 Å². The van der Waals surface area contributed by atoms with E-state index in [1.165, 1.54) is 0 Å². The van der Waals surface area contributed by atoms with Gasteiger partial charge in [-0.3, -0.25) is 0 Å². The molecule has 0 aliphatic carbocycles. The second kappa shape index (κ2) is 6.54. The Labute approximate surface area is 179 Å². The second-order valence-electron chi connectivity index (χ2n) is 7.81.